The van der Waals surface area contributed by atoms with Crippen molar-refractivity contribution in [1.29, 1.82) is 0 Å². The van der Waals surface area contributed by atoms with Gasteiger partial charge in [0.2, 0.25) is 5.96 Å². The van der Waals surface area contributed by atoms with Crippen LogP contribution in [0.3, 0.4) is 0 Å². The van der Waals surface area contributed by atoms with E-state index in [0.29, 0.717) is 15.6 Å². The van der Waals surface area contributed by atoms with Crippen molar-refractivity contribution in [3.8, 4) is 22.4 Å². The molecule has 35 heavy (non-hydrogen) atoms. The summed E-state index contributed by atoms with van der Waals surface area (Å²) in [4.78, 5) is 4.07. The Kier molecular flexibility index (Phi) is 7.35. The fraction of sp³-hybridized carbons (Fsp3) is 0.0400. The van der Waals surface area contributed by atoms with Gasteiger partial charge in [0.05, 0.1) is 5.69 Å². The van der Waals surface area contributed by atoms with Gasteiger partial charge >= 0.3 is 0 Å². The Balaban J connectivity index is 1.62. The zero-order valence-corrected chi connectivity index (χ0v) is 20.4. The van der Waals surface area contributed by atoms with Crippen LogP contribution in [0, 0.1) is 5.82 Å². The lowest BCUT2D eigenvalue weighted by Gasteiger charge is -2.13. The van der Waals surface area contributed by atoms with Crippen LogP contribution in [0.4, 0.5) is 4.39 Å². The highest BCUT2D eigenvalue weighted by Crippen LogP contribution is 2.32. The van der Waals surface area contributed by atoms with Crippen LogP contribution in [0.5, 0.6) is 0 Å². The van der Waals surface area contributed by atoms with Gasteiger partial charge in [-0.05, 0) is 53.6 Å². The van der Waals surface area contributed by atoms with Crippen LogP contribution in [0.15, 0.2) is 94.4 Å². The SMILES string of the molecule is NC(=NS(=O)(=O)c1ccccc1F)NCc1cnc(-c2ccc(Cl)cc2)c(-c2ccc(Cl)cc2)c1. The number of halogens is 3. The predicted octanol–water partition coefficient (Wildman–Crippen LogP) is 5.65. The molecule has 0 spiro atoms. The maximum absolute atomic E-state index is 13.9. The van der Waals surface area contributed by atoms with Gasteiger partial charge in [-0.15, -0.1) is 4.40 Å². The topological polar surface area (TPSA) is 97.4 Å². The number of nitrogens with two attached hydrogens (primary N) is 1. The van der Waals surface area contributed by atoms with Crippen molar-refractivity contribution in [1.82, 2.24) is 10.3 Å². The minimum Gasteiger partial charge on any atom is -0.369 e. The van der Waals surface area contributed by atoms with Crippen molar-refractivity contribution in [2.45, 2.75) is 11.4 Å². The van der Waals surface area contributed by atoms with Gasteiger partial charge in [-0.2, -0.15) is 8.42 Å². The Morgan fingerprint density at radius 3 is 2.17 bits per heavy atom. The molecule has 10 heteroatoms. The molecule has 0 radical (unpaired) electrons. The third-order valence-corrected chi connectivity index (χ3v) is 6.85. The molecule has 3 aromatic carbocycles. The molecule has 0 amide bonds. The van der Waals surface area contributed by atoms with E-state index >= 15 is 0 Å². The molecule has 0 fully saturated rings. The van der Waals surface area contributed by atoms with Crippen LogP contribution >= 0.6 is 23.2 Å². The van der Waals surface area contributed by atoms with E-state index in [2.05, 4.69) is 14.7 Å². The number of nitrogens with zero attached hydrogens (tertiary/aromatic N) is 2. The van der Waals surface area contributed by atoms with Gasteiger partial charge in [0.1, 0.15) is 10.7 Å². The van der Waals surface area contributed by atoms with Crippen LogP contribution < -0.4 is 11.1 Å². The molecule has 4 aromatic rings. The van der Waals surface area contributed by atoms with Crippen molar-refractivity contribution in [3.05, 3.63) is 106 Å². The summed E-state index contributed by atoms with van der Waals surface area (Å²) < 4.78 is 42.1. The molecule has 0 aliphatic carbocycles. The first-order valence-corrected chi connectivity index (χ1v) is 12.5. The summed E-state index contributed by atoms with van der Waals surface area (Å²) in [6, 6.07) is 21.5. The minimum atomic E-state index is -4.31. The minimum absolute atomic E-state index is 0.136. The van der Waals surface area contributed by atoms with Gasteiger partial charge in [-0.1, -0.05) is 59.6 Å². The summed E-state index contributed by atoms with van der Waals surface area (Å²) in [6.45, 7) is 0.136. The number of nitrogens with one attached hydrogen (secondary N) is 1. The molecule has 3 N–H and O–H groups in total. The lowest BCUT2D eigenvalue weighted by Crippen LogP contribution is -2.32. The van der Waals surface area contributed by atoms with Crippen molar-refractivity contribution in [2.75, 3.05) is 0 Å². The number of guanidine groups is 1. The zero-order chi connectivity index (χ0) is 25.0. The number of hydrogen-bond donors (Lipinski definition) is 2. The Bertz CT molecular complexity index is 1490. The fourth-order valence-electron chi connectivity index (χ4n) is 3.35. The number of hydrogen-bond acceptors (Lipinski definition) is 3. The predicted molar refractivity (Wildman–Crippen MR) is 137 cm³/mol. The molecule has 0 saturated heterocycles. The van der Waals surface area contributed by atoms with E-state index in [1.54, 1.807) is 30.5 Å². The van der Waals surface area contributed by atoms with Gasteiger partial charge in [-0.3, -0.25) is 4.98 Å². The van der Waals surface area contributed by atoms with Crippen LogP contribution in [0.25, 0.3) is 22.4 Å². The van der Waals surface area contributed by atoms with Crippen molar-refractivity contribution < 1.29 is 12.8 Å². The van der Waals surface area contributed by atoms with E-state index in [4.69, 9.17) is 28.9 Å². The second-order valence-corrected chi connectivity index (χ2v) is 9.93. The van der Waals surface area contributed by atoms with Gasteiger partial charge in [0.15, 0.2) is 0 Å². The summed E-state index contributed by atoms with van der Waals surface area (Å²) in [7, 11) is -4.31. The molecular formula is C25H19Cl2FN4O2S. The molecule has 0 atom stereocenters. The van der Waals surface area contributed by atoms with E-state index in [-0.39, 0.29) is 12.5 Å². The molecule has 0 bridgehead atoms. The van der Waals surface area contributed by atoms with Crippen molar-refractivity contribution in [3.63, 3.8) is 0 Å². The average molecular weight is 529 g/mol. The molecule has 178 valence electrons. The molecule has 0 aliphatic heterocycles. The normalized spacial score (nSPS) is 11.9. The highest BCUT2D eigenvalue weighted by atomic mass is 35.5. The summed E-state index contributed by atoms with van der Waals surface area (Å²) in [5.41, 5.74) is 9.82. The quantitative estimate of drug-likeness (QED) is 0.248. The Labute approximate surface area is 212 Å². The van der Waals surface area contributed by atoms with Gasteiger partial charge in [-0.25, -0.2) is 4.39 Å². The molecule has 0 unspecified atom stereocenters. The van der Waals surface area contributed by atoms with Crippen molar-refractivity contribution >= 4 is 39.2 Å². The lowest BCUT2D eigenvalue weighted by molar-refractivity contribution is 0.568. The zero-order valence-electron chi connectivity index (χ0n) is 18.1. The maximum Gasteiger partial charge on any atom is 0.288 e. The van der Waals surface area contributed by atoms with E-state index in [0.717, 1.165) is 34.5 Å². The highest BCUT2D eigenvalue weighted by molar-refractivity contribution is 7.90. The summed E-state index contributed by atoms with van der Waals surface area (Å²) in [5.74, 6) is -1.28. The van der Waals surface area contributed by atoms with E-state index in [1.165, 1.54) is 12.1 Å². The monoisotopic (exact) mass is 528 g/mol. The maximum atomic E-state index is 13.9. The number of benzene rings is 3. The average Bonchev–Trinajstić information content (AvgIpc) is 2.83. The second-order valence-electron chi connectivity index (χ2n) is 7.49. The summed E-state index contributed by atoms with van der Waals surface area (Å²) in [6.07, 6.45) is 1.65. The van der Waals surface area contributed by atoms with E-state index in [1.807, 2.05) is 30.3 Å². The van der Waals surface area contributed by atoms with Crippen LogP contribution in [-0.4, -0.2) is 19.4 Å². The first kappa shape index (κ1) is 24.7. The lowest BCUT2D eigenvalue weighted by atomic mass is 9.98. The van der Waals surface area contributed by atoms with Gasteiger partial charge in [0, 0.05) is 33.9 Å². The van der Waals surface area contributed by atoms with E-state index in [9.17, 15) is 12.8 Å². The standard InChI is InChI=1S/C25H19Cl2FN4O2S/c26-19-9-5-17(6-10-19)21-13-16(14-30-24(21)18-7-11-20(27)12-8-18)15-31-25(29)32-35(33,34)23-4-2-1-3-22(23)28/h1-14H,15H2,(H3,29,31,32). The number of pyridine rings is 1. The summed E-state index contributed by atoms with van der Waals surface area (Å²) >= 11 is 12.1. The molecule has 1 heterocycles. The number of rotatable bonds is 6. The second kappa shape index (κ2) is 10.4. The smallest absolute Gasteiger partial charge is 0.288 e. The van der Waals surface area contributed by atoms with Gasteiger partial charge in [0.25, 0.3) is 10.0 Å². The first-order chi connectivity index (χ1) is 16.7. The number of aromatic nitrogens is 1. The third-order valence-electron chi connectivity index (χ3n) is 5.02. The van der Waals surface area contributed by atoms with Gasteiger partial charge < -0.3 is 11.1 Å². The van der Waals surface area contributed by atoms with Crippen LogP contribution in [0.2, 0.25) is 10.0 Å². The molecule has 4 rings (SSSR count). The molecule has 6 nitrogen and oxygen atoms in total. The fourth-order valence-corrected chi connectivity index (χ4v) is 4.59. The van der Waals surface area contributed by atoms with Crippen LogP contribution in [-0.2, 0) is 16.6 Å². The first-order valence-electron chi connectivity index (χ1n) is 10.3. The molecule has 0 aliphatic rings. The van der Waals surface area contributed by atoms with E-state index < -0.39 is 20.7 Å². The molecular weight excluding hydrogens is 510 g/mol. The Morgan fingerprint density at radius 1 is 0.943 bits per heavy atom. The molecule has 0 saturated carbocycles. The van der Waals surface area contributed by atoms with Crippen molar-refractivity contribution in [2.24, 2.45) is 10.1 Å². The summed E-state index contributed by atoms with van der Waals surface area (Å²) in [5, 5.41) is 3.96. The largest absolute Gasteiger partial charge is 0.369 e. The van der Waals surface area contributed by atoms with Crippen LogP contribution in [0.1, 0.15) is 5.56 Å². The third kappa shape index (κ3) is 5.97. The number of sulfonamides is 1. The highest BCUT2D eigenvalue weighted by Gasteiger charge is 2.18. The Morgan fingerprint density at radius 2 is 1.54 bits per heavy atom. The molecule has 1 aromatic heterocycles. The Hall–Kier alpha value is -3.46.